The van der Waals surface area contributed by atoms with Crippen molar-refractivity contribution in [2.45, 2.75) is 25.3 Å². The van der Waals surface area contributed by atoms with E-state index in [0.717, 1.165) is 25.3 Å². The Hall–Kier alpha value is -2.24. The highest BCUT2D eigenvalue weighted by Crippen LogP contribution is 2.24. The molecule has 6 heteroatoms. The van der Waals surface area contributed by atoms with E-state index in [-0.39, 0.29) is 23.0 Å². The first-order valence-corrected chi connectivity index (χ1v) is 5.70. The first kappa shape index (κ1) is 12.2. The second-order valence-electron chi connectivity index (χ2n) is 4.26. The number of carboxylic acid groups (broad SMARTS) is 1. The summed E-state index contributed by atoms with van der Waals surface area (Å²) in [4.78, 5) is 22.2. The van der Waals surface area contributed by atoms with E-state index in [4.69, 9.17) is 5.11 Å². The molecule has 0 unspecified atom stereocenters. The molecule has 1 aromatic carbocycles. The molecule has 2 rings (SSSR count). The third kappa shape index (κ3) is 2.71. The largest absolute Gasteiger partial charge is 0.506 e. The number of phenolic OH excluding ortho intramolecular Hbond substituents is 1. The Labute approximate surface area is 104 Å². The summed E-state index contributed by atoms with van der Waals surface area (Å²) in [5.41, 5.74) is 0.161. The van der Waals surface area contributed by atoms with Crippen LogP contribution in [0.2, 0.25) is 0 Å². The normalized spacial score (nSPS) is 14.7. The molecule has 2 amide bonds. The van der Waals surface area contributed by atoms with Gasteiger partial charge < -0.3 is 20.8 Å². The van der Waals surface area contributed by atoms with Crippen molar-refractivity contribution in [3.05, 3.63) is 23.8 Å². The van der Waals surface area contributed by atoms with Gasteiger partial charge in [0.15, 0.2) is 0 Å². The smallest absolute Gasteiger partial charge is 0.335 e. The van der Waals surface area contributed by atoms with E-state index in [0.29, 0.717) is 0 Å². The molecule has 0 radical (unpaired) electrons. The second kappa shape index (κ2) is 4.95. The lowest BCUT2D eigenvalue weighted by molar-refractivity contribution is 0.0696. The summed E-state index contributed by atoms with van der Waals surface area (Å²) in [5.74, 6) is -1.39. The molecule has 0 aliphatic heterocycles. The van der Waals surface area contributed by atoms with E-state index in [1.54, 1.807) is 0 Å². The van der Waals surface area contributed by atoms with Crippen molar-refractivity contribution >= 4 is 17.7 Å². The average molecular weight is 250 g/mol. The van der Waals surface area contributed by atoms with Gasteiger partial charge in [0.25, 0.3) is 0 Å². The minimum Gasteiger partial charge on any atom is -0.506 e. The van der Waals surface area contributed by atoms with Crippen LogP contribution in [-0.4, -0.2) is 28.3 Å². The highest BCUT2D eigenvalue weighted by Gasteiger charge is 2.19. The molecule has 18 heavy (non-hydrogen) atoms. The van der Waals surface area contributed by atoms with Crippen molar-refractivity contribution in [2.75, 3.05) is 5.32 Å². The number of phenols is 1. The number of aromatic carboxylic acids is 1. The molecule has 0 spiro atoms. The number of rotatable bonds is 3. The Balaban J connectivity index is 2.00. The molecule has 4 N–H and O–H groups in total. The standard InChI is InChI=1S/C12H14N2O4/c15-10-6-7(11(16)17)4-5-9(10)14-12(18)13-8-2-1-3-8/h4-6,8,15H,1-3H2,(H,16,17)(H2,13,14,18). The van der Waals surface area contributed by atoms with E-state index in [9.17, 15) is 14.7 Å². The summed E-state index contributed by atoms with van der Waals surface area (Å²) in [6.07, 6.45) is 3.05. The Bertz CT molecular complexity index is 483. The van der Waals surface area contributed by atoms with Crippen LogP contribution in [-0.2, 0) is 0 Å². The fourth-order valence-corrected chi connectivity index (χ4v) is 1.67. The van der Waals surface area contributed by atoms with Gasteiger partial charge in [-0.25, -0.2) is 9.59 Å². The maximum atomic E-state index is 11.5. The third-order valence-corrected chi connectivity index (χ3v) is 2.93. The Morgan fingerprint density at radius 3 is 2.50 bits per heavy atom. The third-order valence-electron chi connectivity index (χ3n) is 2.93. The number of anilines is 1. The number of amides is 2. The van der Waals surface area contributed by atoms with Crippen molar-refractivity contribution < 1.29 is 19.8 Å². The van der Waals surface area contributed by atoms with Gasteiger partial charge in [-0.3, -0.25) is 0 Å². The zero-order valence-electron chi connectivity index (χ0n) is 9.64. The molecule has 0 aromatic heterocycles. The van der Waals surface area contributed by atoms with Gasteiger partial charge in [0.1, 0.15) is 5.75 Å². The van der Waals surface area contributed by atoms with Gasteiger partial charge >= 0.3 is 12.0 Å². The molecule has 6 nitrogen and oxygen atoms in total. The number of urea groups is 1. The number of carbonyl (C=O) groups is 2. The minimum atomic E-state index is -1.13. The van der Waals surface area contributed by atoms with Gasteiger partial charge in [-0.1, -0.05) is 0 Å². The molecular weight excluding hydrogens is 236 g/mol. The van der Waals surface area contributed by atoms with Crippen molar-refractivity contribution in [3.63, 3.8) is 0 Å². The first-order chi connectivity index (χ1) is 8.56. The van der Waals surface area contributed by atoms with Crippen LogP contribution >= 0.6 is 0 Å². The van der Waals surface area contributed by atoms with Crippen LogP contribution in [0.25, 0.3) is 0 Å². The summed E-state index contributed by atoms with van der Waals surface area (Å²) < 4.78 is 0. The highest BCUT2D eigenvalue weighted by atomic mass is 16.4. The minimum absolute atomic E-state index is 0.0301. The van der Waals surface area contributed by atoms with Crippen molar-refractivity contribution in [3.8, 4) is 5.75 Å². The summed E-state index contributed by atoms with van der Waals surface area (Å²) in [5, 5.41) is 23.6. The number of aromatic hydroxyl groups is 1. The monoisotopic (exact) mass is 250 g/mol. The van der Waals surface area contributed by atoms with Gasteiger partial charge in [0, 0.05) is 6.04 Å². The van der Waals surface area contributed by atoms with Crippen molar-refractivity contribution in [1.29, 1.82) is 0 Å². The fourth-order valence-electron chi connectivity index (χ4n) is 1.67. The lowest BCUT2D eigenvalue weighted by Crippen LogP contribution is -2.41. The van der Waals surface area contributed by atoms with Crippen LogP contribution in [0.4, 0.5) is 10.5 Å². The Kier molecular flexibility index (Phi) is 3.36. The van der Waals surface area contributed by atoms with Crippen LogP contribution in [0.15, 0.2) is 18.2 Å². The van der Waals surface area contributed by atoms with Crippen LogP contribution in [0.1, 0.15) is 29.6 Å². The summed E-state index contributed by atoms with van der Waals surface area (Å²) in [6.45, 7) is 0. The predicted octanol–water partition coefficient (Wildman–Crippen LogP) is 1.76. The quantitative estimate of drug-likeness (QED) is 0.614. The molecule has 1 fully saturated rings. The predicted molar refractivity (Wildman–Crippen MR) is 64.9 cm³/mol. The van der Waals surface area contributed by atoms with Crippen molar-refractivity contribution in [2.24, 2.45) is 0 Å². The summed E-state index contributed by atoms with van der Waals surface area (Å²) in [6, 6.07) is 3.59. The lowest BCUT2D eigenvalue weighted by Gasteiger charge is -2.26. The number of carboxylic acids is 1. The molecule has 1 aliphatic rings. The van der Waals surface area contributed by atoms with E-state index in [1.807, 2.05) is 0 Å². The first-order valence-electron chi connectivity index (χ1n) is 5.70. The SMILES string of the molecule is O=C(Nc1ccc(C(=O)O)cc1O)NC1CCC1. The topological polar surface area (TPSA) is 98.7 Å². The van der Waals surface area contributed by atoms with Gasteiger partial charge in [0.05, 0.1) is 11.3 Å². The van der Waals surface area contributed by atoms with E-state index in [2.05, 4.69) is 10.6 Å². The molecule has 0 bridgehead atoms. The molecule has 0 heterocycles. The summed E-state index contributed by atoms with van der Waals surface area (Å²) >= 11 is 0. The van der Waals surface area contributed by atoms with Crippen LogP contribution in [0.5, 0.6) is 5.75 Å². The molecule has 96 valence electrons. The molecular formula is C12H14N2O4. The van der Waals surface area contributed by atoms with Gasteiger partial charge in [0.2, 0.25) is 0 Å². The van der Waals surface area contributed by atoms with Gasteiger partial charge in [-0.05, 0) is 37.5 Å². The van der Waals surface area contributed by atoms with E-state index in [1.165, 1.54) is 12.1 Å². The maximum Gasteiger partial charge on any atom is 0.335 e. The Morgan fingerprint density at radius 2 is 2.00 bits per heavy atom. The average Bonchev–Trinajstić information content (AvgIpc) is 2.26. The van der Waals surface area contributed by atoms with Crippen molar-refractivity contribution in [1.82, 2.24) is 5.32 Å². The number of hydrogen-bond donors (Lipinski definition) is 4. The number of hydrogen-bond acceptors (Lipinski definition) is 3. The fraction of sp³-hybridized carbons (Fsp3) is 0.333. The number of carbonyl (C=O) groups excluding carboxylic acids is 1. The molecule has 0 saturated heterocycles. The Morgan fingerprint density at radius 1 is 1.28 bits per heavy atom. The van der Waals surface area contributed by atoms with E-state index < -0.39 is 12.0 Å². The highest BCUT2D eigenvalue weighted by molar-refractivity contribution is 5.93. The molecule has 1 aromatic rings. The zero-order valence-corrected chi connectivity index (χ0v) is 9.64. The van der Waals surface area contributed by atoms with Crippen LogP contribution in [0.3, 0.4) is 0 Å². The summed E-state index contributed by atoms with van der Waals surface area (Å²) in [7, 11) is 0. The maximum absolute atomic E-state index is 11.5. The zero-order chi connectivity index (χ0) is 13.1. The van der Waals surface area contributed by atoms with Crippen LogP contribution in [0, 0.1) is 0 Å². The molecule has 1 saturated carbocycles. The molecule has 0 atom stereocenters. The van der Waals surface area contributed by atoms with E-state index >= 15 is 0 Å². The van der Waals surface area contributed by atoms with Gasteiger partial charge in [-0.15, -0.1) is 0 Å². The number of benzene rings is 1. The molecule has 1 aliphatic carbocycles. The van der Waals surface area contributed by atoms with Gasteiger partial charge in [-0.2, -0.15) is 0 Å². The number of nitrogens with one attached hydrogen (secondary N) is 2. The van der Waals surface area contributed by atoms with Crippen LogP contribution < -0.4 is 10.6 Å². The lowest BCUT2D eigenvalue weighted by atomic mass is 9.93. The second-order valence-corrected chi connectivity index (χ2v) is 4.26.